The molecule has 0 amide bonds. The molecule has 0 saturated heterocycles. The third kappa shape index (κ3) is 3.36. The summed E-state index contributed by atoms with van der Waals surface area (Å²) in [5.41, 5.74) is 1.12. The first-order valence-corrected chi connectivity index (χ1v) is 8.28. The van der Waals surface area contributed by atoms with E-state index in [2.05, 4.69) is 5.10 Å². The Balaban J connectivity index is 2.41. The van der Waals surface area contributed by atoms with Crippen LogP contribution in [0.3, 0.4) is 0 Å². The zero-order valence-electron chi connectivity index (χ0n) is 12.3. The molecule has 1 aromatic carbocycles. The lowest BCUT2D eigenvalue weighted by Crippen LogP contribution is -2.36. The van der Waals surface area contributed by atoms with Crippen molar-refractivity contribution < 1.29 is 18.6 Å². The van der Waals surface area contributed by atoms with Gasteiger partial charge < -0.3 is 10.2 Å². The van der Waals surface area contributed by atoms with E-state index in [0.29, 0.717) is 5.69 Å². The number of aliphatic hydroxyl groups is 2. The summed E-state index contributed by atoms with van der Waals surface area (Å²) in [5.74, 6) is 0. The number of aliphatic hydroxyl groups excluding tert-OH is 2. The molecule has 1 heterocycles. The summed E-state index contributed by atoms with van der Waals surface area (Å²) >= 11 is 0. The van der Waals surface area contributed by atoms with Crippen molar-refractivity contribution in [2.24, 2.45) is 0 Å². The van der Waals surface area contributed by atoms with Crippen LogP contribution in [0.25, 0.3) is 5.69 Å². The molecule has 0 bridgehead atoms. The predicted octanol–water partition coefficient (Wildman–Crippen LogP) is 0.156. The van der Waals surface area contributed by atoms with E-state index in [9.17, 15) is 8.42 Å². The number of nitrogens with zero attached hydrogens (tertiary/aromatic N) is 3. The van der Waals surface area contributed by atoms with Gasteiger partial charge in [0.1, 0.15) is 4.90 Å². The molecule has 0 spiro atoms. The SMILES string of the molecule is Cc1nn(-c2ccccc2)cc1S(=O)(=O)N(CCO)CCO. The Labute approximate surface area is 129 Å². The zero-order valence-corrected chi connectivity index (χ0v) is 13.1. The van der Waals surface area contributed by atoms with E-state index < -0.39 is 10.0 Å². The van der Waals surface area contributed by atoms with Crippen LogP contribution in [0.4, 0.5) is 0 Å². The monoisotopic (exact) mass is 325 g/mol. The van der Waals surface area contributed by atoms with Crippen LogP contribution in [0.15, 0.2) is 41.4 Å². The van der Waals surface area contributed by atoms with Gasteiger partial charge in [-0.3, -0.25) is 0 Å². The summed E-state index contributed by atoms with van der Waals surface area (Å²) in [4.78, 5) is 0.0678. The summed E-state index contributed by atoms with van der Waals surface area (Å²) in [6, 6.07) is 9.18. The van der Waals surface area contributed by atoms with Crippen molar-refractivity contribution in [2.45, 2.75) is 11.8 Å². The maximum Gasteiger partial charge on any atom is 0.246 e. The van der Waals surface area contributed by atoms with Crippen molar-refractivity contribution in [1.29, 1.82) is 0 Å². The molecule has 7 nitrogen and oxygen atoms in total. The first-order chi connectivity index (χ1) is 10.5. The lowest BCUT2D eigenvalue weighted by atomic mass is 10.3. The number of hydrogen-bond donors (Lipinski definition) is 2. The predicted molar refractivity (Wildman–Crippen MR) is 81.2 cm³/mol. The van der Waals surface area contributed by atoms with Gasteiger partial charge in [-0.2, -0.15) is 9.40 Å². The van der Waals surface area contributed by atoms with Crippen LogP contribution in [-0.4, -0.2) is 59.0 Å². The fourth-order valence-corrected chi connectivity index (χ4v) is 3.69. The largest absolute Gasteiger partial charge is 0.395 e. The highest BCUT2D eigenvalue weighted by atomic mass is 32.2. The molecule has 0 atom stereocenters. The van der Waals surface area contributed by atoms with Crippen molar-refractivity contribution in [3.63, 3.8) is 0 Å². The maximum atomic E-state index is 12.6. The number of hydrogen-bond acceptors (Lipinski definition) is 5. The van der Waals surface area contributed by atoms with E-state index >= 15 is 0 Å². The first-order valence-electron chi connectivity index (χ1n) is 6.84. The van der Waals surface area contributed by atoms with Gasteiger partial charge in [0.15, 0.2) is 0 Å². The van der Waals surface area contributed by atoms with Crippen LogP contribution in [-0.2, 0) is 10.0 Å². The molecule has 120 valence electrons. The summed E-state index contributed by atoms with van der Waals surface area (Å²) in [7, 11) is -3.81. The molecule has 0 radical (unpaired) electrons. The van der Waals surface area contributed by atoms with Gasteiger partial charge in [0.05, 0.1) is 30.8 Å². The number of sulfonamides is 1. The molecule has 8 heteroatoms. The van der Waals surface area contributed by atoms with E-state index in [1.807, 2.05) is 30.3 Å². The van der Waals surface area contributed by atoms with Gasteiger partial charge in [-0.25, -0.2) is 13.1 Å². The zero-order chi connectivity index (χ0) is 16.2. The third-order valence-corrected chi connectivity index (χ3v) is 5.19. The standard InChI is InChI=1S/C14H19N3O4S/c1-12-14(22(20,21)16(7-9-18)8-10-19)11-17(15-12)13-5-3-2-4-6-13/h2-6,11,18-19H,7-10H2,1H3. The molecule has 2 N–H and O–H groups in total. The third-order valence-electron chi connectivity index (χ3n) is 3.19. The number of rotatable bonds is 7. The first kappa shape index (κ1) is 16.6. The van der Waals surface area contributed by atoms with E-state index in [0.717, 1.165) is 9.99 Å². The molecular formula is C14H19N3O4S. The second-order valence-corrected chi connectivity index (χ2v) is 6.62. The number of benzene rings is 1. The van der Waals surface area contributed by atoms with Gasteiger partial charge in [0.2, 0.25) is 10.0 Å². The minimum atomic E-state index is -3.81. The molecule has 0 aliphatic rings. The minimum absolute atomic E-state index is 0.0678. The highest BCUT2D eigenvalue weighted by Gasteiger charge is 2.27. The van der Waals surface area contributed by atoms with Gasteiger partial charge in [0.25, 0.3) is 0 Å². The van der Waals surface area contributed by atoms with E-state index in [-0.39, 0.29) is 31.2 Å². The lowest BCUT2D eigenvalue weighted by molar-refractivity contribution is 0.217. The van der Waals surface area contributed by atoms with E-state index in [1.54, 1.807) is 6.92 Å². The molecule has 0 saturated carbocycles. The Bertz CT molecular complexity index is 707. The lowest BCUT2D eigenvalue weighted by Gasteiger charge is -2.19. The van der Waals surface area contributed by atoms with Crippen LogP contribution >= 0.6 is 0 Å². The highest BCUT2D eigenvalue weighted by Crippen LogP contribution is 2.20. The second kappa shape index (κ2) is 7.01. The summed E-state index contributed by atoms with van der Waals surface area (Å²) in [5, 5.41) is 22.3. The Morgan fingerprint density at radius 3 is 2.27 bits per heavy atom. The van der Waals surface area contributed by atoms with Gasteiger partial charge in [-0.15, -0.1) is 0 Å². The Morgan fingerprint density at radius 2 is 1.73 bits per heavy atom. The van der Waals surface area contributed by atoms with Gasteiger partial charge in [-0.1, -0.05) is 18.2 Å². The Morgan fingerprint density at radius 1 is 1.14 bits per heavy atom. The maximum absolute atomic E-state index is 12.6. The molecule has 2 rings (SSSR count). The fraction of sp³-hybridized carbons (Fsp3) is 0.357. The van der Waals surface area contributed by atoms with Crippen LogP contribution in [0.2, 0.25) is 0 Å². The Kier molecular flexibility index (Phi) is 5.30. The molecule has 0 fully saturated rings. The molecule has 0 aliphatic heterocycles. The average Bonchev–Trinajstić information content (AvgIpc) is 2.91. The summed E-state index contributed by atoms with van der Waals surface area (Å²) < 4.78 is 27.8. The van der Waals surface area contributed by atoms with Gasteiger partial charge >= 0.3 is 0 Å². The van der Waals surface area contributed by atoms with Crippen molar-refractivity contribution in [1.82, 2.24) is 14.1 Å². The van der Waals surface area contributed by atoms with Crippen molar-refractivity contribution >= 4 is 10.0 Å². The number of aromatic nitrogens is 2. The van der Waals surface area contributed by atoms with Crippen molar-refractivity contribution in [3.8, 4) is 5.69 Å². The van der Waals surface area contributed by atoms with Crippen LogP contribution in [0.5, 0.6) is 0 Å². The number of para-hydroxylation sites is 1. The minimum Gasteiger partial charge on any atom is -0.395 e. The van der Waals surface area contributed by atoms with Gasteiger partial charge in [0, 0.05) is 13.1 Å². The summed E-state index contributed by atoms with van der Waals surface area (Å²) in [6.45, 7) is 0.844. The fourth-order valence-electron chi connectivity index (χ4n) is 2.12. The molecule has 2 aromatic rings. The van der Waals surface area contributed by atoms with Crippen molar-refractivity contribution in [2.75, 3.05) is 26.3 Å². The quantitative estimate of drug-likeness (QED) is 0.756. The molecule has 0 aliphatic carbocycles. The van der Waals surface area contributed by atoms with E-state index in [4.69, 9.17) is 10.2 Å². The average molecular weight is 325 g/mol. The van der Waals surface area contributed by atoms with Crippen LogP contribution < -0.4 is 0 Å². The molecule has 22 heavy (non-hydrogen) atoms. The van der Waals surface area contributed by atoms with Crippen LogP contribution in [0, 0.1) is 6.92 Å². The highest BCUT2D eigenvalue weighted by molar-refractivity contribution is 7.89. The van der Waals surface area contributed by atoms with E-state index in [1.165, 1.54) is 10.9 Å². The second-order valence-electron chi connectivity index (χ2n) is 4.71. The van der Waals surface area contributed by atoms with Crippen molar-refractivity contribution in [3.05, 3.63) is 42.2 Å². The van der Waals surface area contributed by atoms with Gasteiger partial charge in [-0.05, 0) is 19.1 Å². The molecular weight excluding hydrogens is 306 g/mol. The smallest absolute Gasteiger partial charge is 0.246 e. The molecule has 0 unspecified atom stereocenters. The normalized spacial score (nSPS) is 12.0. The number of aryl methyl sites for hydroxylation is 1. The Hall–Kier alpha value is -1.74. The summed E-state index contributed by atoms with van der Waals surface area (Å²) in [6.07, 6.45) is 1.45. The van der Waals surface area contributed by atoms with Crippen LogP contribution in [0.1, 0.15) is 5.69 Å². The topological polar surface area (TPSA) is 95.7 Å². The molecule has 1 aromatic heterocycles.